The maximum absolute atomic E-state index is 12.2. The van der Waals surface area contributed by atoms with Crippen LogP contribution in [0.25, 0.3) is 0 Å². The SMILES string of the molecule is O=C([O-])c1ccc(Cl)c(NC(=S)NC(=O)c2ccc([N+](=O)[O-])cc2Cl)c1. The summed E-state index contributed by atoms with van der Waals surface area (Å²) in [5.41, 5.74) is -0.285. The Labute approximate surface area is 161 Å². The molecule has 0 atom stereocenters. The Hall–Kier alpha value is -2.75. The Bertz CT molecular complexity index is 935. The van der Waals surface area contributed by atoms with Gasteiger partial charge < -0.3 is 15.2 Å². The summed E-state index contributed by atoms with van der Waals surface area (Å²) in [4.78, 5) is 33.1. The summed E-state index contributed by atoms with van der Waals surface area (Å²) in [5.74, 6) is -2.12. The number of hydrogen-bond acceptors (Lipinski definition) is 6. The smallest absolute Gasteiger partial charge is 0.270 e. The van der Waals surface area contributed by atoms with Crippen LogP contribution in [0.2, 0.25) is 10.0 Å². The summed E-state index contributed by atoms with van der Waals surface area (Å²) < 4.78 is 0. The third kappa shape index (κ3) is 4.66. The number of carboxylic acid groups (broad SMARTS) is 1. The first-order valence-corrected chi connectivity index (χ1v) is 7.92. The molecule has 0 spiro atoms. The summed E-state index contributed by atoms with van der Waals surface area (Å²) in [6.07, 6.45) is 0. The molecule has 0 fully saturated rings. The fourth-order valence-corrected chi connectivity index (χ4v) is 2.50. The number of aromatic carboxylic acids is 1. The van der Waals surface area contributed by atoms with Crippen molar-refractivity contribution < 1.29 is 19.6 Å². The minimum atomic E-state index is -1.41. The number of carbonyl (C=O) groups excluding carboxylic acids is 2. The Balaban J connectivity index is 2.13. The van der Waals surface area contributed by atoms with Crippen molar-refractivity contribution in [3.8, 4) is 0 Å². The van der Waals surface area contributed by atoms with Gasteiger partial charge in [0.1, 0.15) is 0 Å². The van der Waals surface area contributed by atoms with Gasteiger partial charge in [0.2, 0.25) is 0 Å². The maximum atomic E-state index is 12.2. The number of thiocarbonyl (C=S) groups is 1. The number of non-ortho nitro benzene ring substituents is 1. The number of rotatable bonds is 4. The van der Waals surface area contributed by atoms with E-state index in [9.17, 15) is 24.8 Å². The van der Waals surface area contributed by atoms with Gasteiger partial charge in [0.15, 0.2) is 5.11 Å². The summed E-state index contributed by atoms with van der Waals surface area (Å²) in [7, 11) is 0. The van der Waals surface area contributed by atoms with Crippen LogP contribution in [0.4, 0.5) is 11.4 Å². The molecule has 2 aromatic carbocycles. The van der Waals surface area contributed by atoms with E-state index >= 15 is 0 Å². The highest BCUT2D eigenvalue weighted by Crippen LogP contribution is 2.24. The fraction of sp³-hybridized carbons (Fsp3) is 0. The number of nitrogens with one attached hydrogen (secondary N) is 2. The molecule has 0 aliphatic heterocycles. The minimum absolute atomic E-state index is 0.0315. The lowest BCUT2D eigenvalue weighted by Crippen LogP contribution is -2.34. The molecule has 0 bridgehead atoms. The Morgan fingerprint density at radius 3 is 2.35 bits per heavy atom. The van der Waals surface area contributed by atoms with Gasteiger partial charge in [-0.15, -0.1) is 0 Å². The van der Waals surface area contributed by atoms with Crippen molar-refractivity contribution >= 4 is 63.8 Å². The zero-order valence-corrected chi connectivity index (χ0v) is 14.9. The third-order valence-electron chi connectivity index (χ3n) is 3.09. The van der Waals surface area contributed by atoms with E-state index in [1.807, 2.05) is 0 Å². The molecule has 26 heavy (non-hydrogen) atoms. The van der Waals surface area contributed by atoms with Gasteiger partial charge in [-0.25, -0.2) is 0 Å². The van der Waals surface area contributed by atoms with Crippen LogP contribution in [0.5, 0.6) is 0 Å². The molecule has 0 saturated heterocycles. The number of carbonyl (C=O) groups is 2. The molecule has 1 amide bonds. The third-order valence-corrected chi connectivity index (χ3v) is 3.93. The number of carboxylic acids is 1. The molecular weight excluding hydrogens is 405 g/mol. The minimum Gasteiger partial charge on any atom is -0.545 e. The van der Waals surface area contributed by atoms with E-state index in [1.54, 1.807) is 0 Å². The van der Waals surface area contributed by atoms with Crippen LogP contribution in [0.1, 0.15) is 20.7 Å². The first-order valence-electron chi connectivity index (χ1n) is 6.76. The van der Waals surface area contributed by atoms with Crippen molar-refractivity contribution in [3.63, 3.8) is 0 Å². The average Bonchev–Trinajstić information content (AvgIpc) is 2.56. The van der Waals surface area contributed by atoms with E-state index in [2.05, 4.69) is 10.6 Å². The lowest BCUT2D eigenvalue weighted by atomic mass is 10.2. The molecule has 0 unspecified atom stereocenters. The number of nitrogens with zero attached hydrogens (tertiary/aromatic N) is 1. The van der Waals surface area contributed by atoms with Gasteiger partial charge in [0.25, 0.3) is 11.6 Å². The molecule has 0 aliphatic rings. The van der Waals surface area contributed by atoms with E-state index in [4.69, 9.17) is 35.4 Å². The number of halogens is 2. The van der Waals surface area contributed by atoms with Gasteiger partial charge in [-0.3, -0.25) is 20.2 Å². The normalized spacial score (nSPS) is 10.1. The average molecular weight is 413 g/mol. The van der Waals surface area contributed by atoms with Crippen LogP contribution in [-0.4, -0.2) is 21.9 Å². The second-order valence-corrected chi connectivity index (χ2v) is 6.03. The van der Waals surface area contributed by atoms with Crippen LogP contribution in [0.15, 0.2) is 36.4 Å². The fourth-order valence-electron chi connectivity index (χ4n) is 1.87. The summed E-state index contributed by atoms with van der Waals surface area (Å²) in [6, 6.07) is 7.11. The maximum Gasteiger partial charge on any atom is 0.270 e. The van der Waals surface area contributed by atoms with E-state index in [0.29, 0.717) is 0 Å². The molecule has 0 aromatic heterocycles. The molecule has 0 heterocycles. The summed E-state index contributed by atoms with van der Waals surface area (Å²) in [6.45, 7) is 0. The van der Waals surface area contributed by atoms with Gasteiger partial charge in [-0.2, -0.15) is 0 Å². The highest BCUT2D eigenvalue weighted by Gasteiger charge is 2.16. The second kappa shape index (κ2) is 8.09. The van der Waals surface area contributed by atoms with Crippen LogP contribution < -0.4 is 15.7 Å². The molecule has 0 radical (unpaired) electrons. The van der Waals surface area contributed by atoms with Crippen molar-refractivity contribution in [2.75, 3.05) is 5.32 Å². The van der Waals surface area contributed by atoms with E-state index in [1.165, 1.54) is 24.3 Å². The Morgan fingerprint density at radius 1 is 1.08 bits per heavy atom. The first kappa shape index (κ1) is 19.6. The number of anilines is 1. The second-order valence-electron chi connectivity index (χ2n) is 4.81. The molecule has 2 rings (SSSR count). The van der Waals surface area contributed by atoms with E-state index in [-0.39, 0.29) is 37.7 Å². The van der Waals surface area contributed by atoms with E-state index in [0.717, 1.165) is 12.1 Å². The van der Waals surface area contributed by atoms with Crippen molar-refractivity contribution in [2.24, 2.45) is 0 Å². The van der Waals surface area contributed by atoms with Crippen LogP contribution in [-0.2, 0) is 0 Å². The summed E-state index contributed by atoms with van der Waals surface area (Å²) >= 11 is 16.8. The number of amides is 1. The van der Waals surface area contributed by atoms with Gasteiger partial charge in [-0.1, -0.05) is 29.3 Å². The van der Waals surface area contributed by atoms with E-state index < -0.39 is 16.8 Å². The molecule has 0 saturated carbocycles. The zero-order valence-electron chi connectivity index (χ0n) is 12.6. The lowest BCUT2D eigenvalue weighted by molar-refractivity contribution is -0.384. The monoisotopic (exact) mass is 412 g/mol. The van der Waals surface area contributed by atoms with Crippen molar-refractivity contribution in [2.45, 2.75) is 0 Å². The Kier molecular flexibility index (Phi) is 6.09. The number of benzene rings is 2. The van der Waals surface area contributed by atoms with Gasteiger partial charge >= 0.3 is 0 Å². The first-order chi connectivity index (χ1) is 12.2. The van der Waals surface area contributed by atoms with Gasteiger partial charge in [0, 0.05) is 12.1 Å². The highest BCUT2D eigenvalue weighted by atomic mass is 35.5. The molecule has 2 aromatic rings. The van der Waals surface area contributed by atoms with Crippen LogP contribution in [0, 0.1) is 10.1 Å². The Morgan fingerprint density at radius 2 is 1.77 bits per heavy atom. The van der Waals surface area contributed by atoms with Gasteiger partial charge in [0.05, 0.1) is 32.2 Å². The van der Waals surface area contributed by atoms with Gasteiger partial charge in [-0.05, 0) is 36.0 Å². The molecular formula is C15H8Cl2N3O5S-. The molecule has 134 valence electrons. The largest absolute Gasteiger partial charge is 0.545 e. The predicted molar refractivity (Wildman–Crippen MR) is 97.6 cm³/mol. The van der Waals surface area contributed by atoms with Crippen molar-refractivity contribution in [3.05, 3.63) is 67.7 Å². The van der Waals surface area contributed by atoms with Crippen molar-refractivity contribution in [1.82, 2.24) is 5.32 Å². The topological polar surface area (TPSA) is 124 Å². The molecule has 0 aliphatic carbocycles. The van der Waals surface area contributed by atoms with Crippen LogP contribution in [0.3, 0.4) is 0 Å². The highest BCUT2D eigenvalue weighted by molar-refractivity contribution is 7.80. The standard InChI is InChI=1S/C15H9Cl2N3O5S/c16-10-4-1-7(14(22)23)5-12(10)18-15(26)19-13(21)9-3-2-8(20(24)25)6-11(9)17/h1-6H,(H,22,23)(H2,18,19,21,26)/p-1. The summed E-state index contributed by atoms with van der Waals surface area (Å²) in [5, 5.41) is 26.3. The number of hydrogen-bond donors (Lipinski definition) is 2. The van der Waals surface area contributed by atoms with Crippen molar-refractivity contribution in [1.29, 1.82) is 0 Å². The number of nitro benzene ring substituents is 1. The quantitative estimate of drug-likeness (QED) is 0.448. The molecule has 11 heteroatoms. The molecule has 2 N–H and O–H groups in total. The zero-order chi connectivity index (χ0) is 19.4. The predicted octanol–water partition coefficient (Wildman–Crippen LogP) is 2.39. The number of nitro groups is 1. The lowest BCUT2D eigenvalue weighted by Gasteiger charge is -2.13. The molecule has 8 nitrogen and oxygen atoms in total. The van der Waals surface area contributed by atoms with Crippen LogP contribution >= 0.6 is 35.4 Å².